The van der Waals surface area contributed by atoms with Gasteiger partial charge in [0.05, 0.1) is 0 Å². The maximum Gasteiger partial charge on any atom is 0.326 e. The van der Waals surface area contributed by atoms with Crippen molar-refractivity contribution in [3.05, 3.63) is 86.5 Å². The maximum absolute atomic E-state index is 11.3. The number of nitrogens with zero attached hydrogens (tertiary/aromatic N) is 3. The van der Waals surface area contributed by atoms with Gasteiger partial charge in [-0.1, -0.05) is 125 Å². The molecule has 0 unspecified atom stereocenters. The van der Waals surface area contributed by atoms with E-state index in [2.05, 4.69) is 140 Å². The van der Waals surface area contributed by atoms with Crippen LogP contribution in [0.4, 0.5) is 0 Å². The van der Waals surface area contributed by atoms with E-state index >= 15 is 0 Å². The molecule has 0 saturated carbocycles. The van der Waals surface area contributed by atoms with E-state index in [9.17, 15) is 15.3 Å². The van der Waals surface area contributed by atoms with Crippen LogP contribution in [0.3, 0.4) is 0 Å². The number of benzene rings is 3. The average molecular weight is 784 g/mol. The first-order chi connectivity index (χ1) is 25.8. The van der Waals surface area contributed by atoms with E-state index in [0.29, 0.717) is 17.2 Å². The second kappa shape index (κ2) is 15.7. The van der Waals surface area contributed by atoms with Gasteiger partial charge in [-0.25, -0.2) is 0 Å². The quantitative estimate of drug-likeness (QED) is 0.152. The molecule has 0 spiro atoms. The zero-order chi connectivity index (χ0) is 43.3. The van der Waals surface area contributed by atoms with Crippen molar-refractivity contribution < 1.29 is 29.5 Å². The molecule has 0 radical (unpaired) electrons. The first-order valence-electron chi connectivity index (χ1n) is 20.0. The Balaban J connectivity index is 1.77. The van der Waals surface area contributed by atoms with Gasteiger partial charge in [-0.05, 0) is 119 Å². The van der Waals surface area contributed by atoms with E-state index in [0.717, 1.165) is 50.1 Å². The summed E-state index contributed by atoms with van der Waals surface area (Å²) in [5.74, 6) is 0.881. The number of ether oxygens (including phenoxy) is 3. The number of hydrogen-bond donors (Lipinski definition) is 3. The Morgan fingerprint density at radius 3 is 0.632 bits per heavy atom. The van der Waals surface area contributed by atoms with Crippen molar-refractivity contribution in [3.63, 3.8) is 0 Å². The van der Waals surface area contributed by atoms with Crippen LogP contribution in [-0.2, 0) is 52.3 Å². The second-order valence-corrected chi connectivity index (χ2v) is 21.7. The third kappa shape index (κ3) is 11.1. The highest BCUT2D eigenvalue weighted by molar-refractivity contribution is 5.52. The summed E-state index contributed by atoms with van der Waals surface area (Å²) in [7, 11) is 0. The van der Waals surface area contributed by atoms with Gasteiger partial charge < -0.3 is 29.5 Å². The number of rotatable bonds is 9. The van der Waals surface area contributed by atoms with Crippen LogP contribution in [-0.4, -0.2) is 30.3 Å². The van der Waals surface area contributed by atoms with Gasteiger partial charge >= 0.3 is 18.0 Å². The van der Waals surface area contributed by atoms with E-state index in [4.69, 9.17) is 14.2 Å². The first kappa shape index (κ1) is 45.2. The summed E-state index contributed by atoms with van der Waals surface area (Å²) in [4.78, 5) is 13.7. The summed E-state index contributed by atoms with van der Waals surface area (Å²) in [5.41, 5.74) is 5.68. The molecule has 0 aliphatic heterocycles. The van der Waals surface area contributed by atoms with Crippen molar-refractivity contribution in [1.29, 1.82) is 0 Å². The first-order valence-corrected chi connectivity index (χ1v) is 20.0. The van der Waals surface area contributed by atoms with Crippen LogP contribution < -0.4 is 14.2 Å². The number of aromatic nitrogens is 3. The molecule has 3 N–H and O–H groups in total. The van der Waals surface area contributed by atoms with Crippen LogP contribution >= 0.6 is 0 Å². The molecule has 0 aliphatic carbocycles. The van der Waals surface area contributed by atoms with E-state index in [1.54, 1.807) is 0 Å². The van der Waals surface area contributed by atoms with Crippen LogP contribution in [0.1, 0.15) is 175 Å². The Labute approximate surface area is 342 Å². The van der Waals surface area contributed by atoms with Crippen molar-refractivity contribution in [1.82, 2.24) is 15.0 Å². The van der Waals surface area contributed by atoms with E-state index < -0.39 is 0 Å². The molecular formula is C48H69N3O6. The van der Waals surface area contributed by atoms with Crippen LogP contribution in [0.15, 0.2) is 36.4 Å². The Morgan fingerprint density at radius 1 is 0.333 bits per heavy atom. The van der Waals surface area contributed by atoms with Gasteiger partial charge in [-0.15, -0.1) is 15.0 Å². The Hall–Kier alpha value is -4.53. The lowest BCUT2D eigenvalue weighted by Gasteiger charge is -2.28. The maximum atomic E-state index is 11.3. The van der Waals surface area contributed by atoms with Gasteiger partial charge in [0.25, 0.3) is 0 Å². The molecule has 1 aromatic heterocycles. The Kier molecular flexibility index (Phi) is 12.4. The number of phenols is 3. The molecule has 9 heteroatoms. The molecule has 1 heterocycles. The van der Waals surface area contributed by atoms with Gasteiger partial charge in [0.1, 0.15) is 37.1 Å². The summed E-state index contributed by atoms with van der Waals surface area (Å²) < 4.78 is 18.8. The molecule has 4 aromatic rings. The molecule has 0 fully saturated rings. The molecule has 9 nitrogen and oxygen atoms in total. The van der Waals surface area contributed by atoms with E-state index in [-0.39, 0.29) is 70.3 Å². The third-order valence-corrected chi connectivity index (χ3v) is 10.0. The molecule has 312 valence electrons. The van der Waals surface area contributed by atoms with Gasteiger partial charge in [0.15, 0.2) is 0 Å². The summed E-state index contributed by atoms with van der Waals surface area (Å²) in [6.07, 6.45) is 0. The Morgan fingerprint density at radius 2 is 0.491 bits per heavy atom. The molecule has 3 aromatic carbocycles. The second-order valence-electron chi connectivity index (χ2n) is 21.7. The standard InChI is InChI=1S/C48H69N3O6/c1-43(2,3)31-19-28(20-32(37(31)52)44(4,5)6)25-55-40-49-41(56-26-29-21-33(45(7,8)9)38(53)34(22-29)46(10,11)12)51-42(50-40)57-27-30-23-35(47(13,14)15)39(54)36(24-30)48(16,17)18/h19-24,52-54H,25-27H2,1-18H3. The predicted molar refractivity (Wildman–Crippen MR) is 229 cm³/mol. The molecule has 0 amide bonds. The fraction of sp³-hybridized carbons (Fsp3) is 0.562. The fourth-order valence-electron chi connectivity index (χ4n) is 6.72. The molecule has 0 aliphatic rings. The lowest BCUT2D eigenvalue weighted by Crippen LogP contribution is -2.18. The van der Waals surface area contributed by atoms with Gasteiger partial charge in [0, 0.05) is 0 Å². The van der Waals surface area contributed by atoms with Gasteiger partial charge in [-0.2, -0.15) is 0 Å². The van der Waals surface area contributed by atoms with Gasteiger partial charge in [-0.3, -0.25) is 0 Å². The zero-order valence-corrected chi connectivity index (χ0v) is 38.0. The van der Waals surface area contributed by atoms with Crippen molar-refractivity contribution >= 4 is 0 Å². The highest BCUT2D eigenvalue weighted by Gasteiger charge is 2.30. The predicted octanol–water partition coefficient (Wildman–Crippen LogP) is 11.5. The van der Waals surface area contributed by atoms with Crippen molar-refractivity contribution in [2.75, 3.05) is 0 Å². The molecule has 57 heavy (non-hydrogen) atoms. The fourth-order valence-corrected chi connectivity index (χ4v) is 6.72. The smallest absolute Gasteiger partial charge is 0.326 e. The van der Waals surface area contributed by atoms with Crippen LogP contribution in [0.5, 0.6) is 35.3 Å². The van der Waals surface area contributed by atoms with Crippen LogP contribution in [0.25, 0.3) is 0 Å². The summed E-state index contributed by atoms with van der Waals surface area (Å²) in [6.45, 7) is 37.7. The average Bonchev–Trinajstić information content (AvgIpc) is 3.03. The Bertz CT molecular complexity index is 1720. The van der Waals surface area contributed by atoms with Crippen molar-refractivity contribution in [2.24, 2.45) is 0 Å². The van der Waals surface area contributed by atoms with E-state index in [1.165, 1.54) is 0 Å². The summed E-state index contributed by atoms with van der Waals surface area (Å²) in [6, 6.07) is 11.9. The largest absolute Gasteiger partial charge is 0.507 e. The number of phenolic OH excluding ortho intramolecular Hbond substituents is 3. The zero-order valence-electron chi connectivity index (χ0n) is 38.0. The highest BCUT2D eigenvalue weighted by Crippen LogP contribution is 2.43. The minimum Gasteiger partial charge on any atom is -0.507 e. The molecule has 0 saturated heterocycles. The van der Waals surface area contributed by atoms with Crippen LogP contribution in [0, 0.1) is 0 Å². The SMILES string of the molecule is CC(C)(C)c1cc(COc2nc(OCc3cc(C(C)(C)C)c(O)c(C(C)(C)C)c3)nc(OCc3cc(C(C)(C)C)c(O)c(C(C)(C)C)c3)n2)cc(C(C)(C)C)c1O. The minimum absolute atomic E-state index is 0.0191. The minimum atomic E-state index is -0.308. The van der Waals surface area contributed by atoms with Gasteiger partial charge in [0.2, 0.25) is 0 Å². The summed E-state index contributed by atoms with van der Waals surface area (Å²) >= 11 is 0. The number of hydrogen-bond acceptors (Lipinski definition) is 9. The summed E-state index contributed by atoms with van der Waals surface area (Å²) in [5, 5.41) is 33.9. The van der Waals surface area contributed by atoms with Crippen molar-refractivity contribution in [2.45, 2.75) is 177 Å². The highest BCUT2D eigenvalue weighted by atomic mass is 16.5. The van der Waals surface area contributed by atoms with E-state index in [1.807, 2.05) is 36.4 Å². The normalized spacial score (nSPS) is 13.2. The lowest BCUT2D eigenvalue weighted by atomic mass is 9.78. The topological polar surface area (TPSA) is 127 Å². The number of aromatic hydroxyl groups is 3. The van der Waals surface area contributed by atoms with Crippen LogP contribution in [0.2, 0.25) is 0 Å². The lowest BCUT2D eigenvalue weighted by molar-refractivity contribution is 0.222. The monoisotopic (exact) mass is 784 g/mol. The van der Waals surface area contributed by atoms with Crippen molar-refractivity contribution in [3.8, 4) is 35.3 Å². The molecular weight excluding hydrogens is 715 g/mol. The molecule has 0 atom stereocenters. The molecule has 0 bridgehead atoms. The third-order valence-electron chi connectivity index (χ3n) is 10.0. The molecule has 4 rings (SSSR count).